The van der Waals surface area contributed by atoms with Crippen LogP contribution in [0.2, 0.25) is 0 Å². The van der Waals surface area contributed by atoms with Gasteiger partial charge in [-0.15, -0.1) is 0 Å². The molecule has 5 nitrogen and oxygen atoms in total. The quantitative estimate of drug-likeness (QED) is 0.816. The Bertz CT molecular complexity index is 775. The van der Waals surface area contributed by atoms with Gasteiger partial charge in [0.25, 0.3) is 11.5 Å². The van der Waals surface area contributed by atoms with Crippen LogP contribution in [-0.2, 0) is 4.74 Å². The van der Waals surface area contributed by atoms with Crippen LogP contribution in [0.4, 0.5) is 0 Å². The van der Waals surface area contributed by atoms with Crippen LogP contribution in [0.15, 0.2) is 41.3 Å². The number of esters is 1. The second-order valence-corrected chi connectivity index (χ2v) is 4.88. The first kappa shape index (κ1) is 15.7. The smallest absolute Gasteiger partial charge is 0.338 e. The van der Waals surface area contributed by atoms with E-state index in [1.54, 1.807) is 44.2 Å². The van der Waals surface area contributed by atoms with Gasteiger partial charge in [0, 0.05) is 17.3 Å². The fourth-order valence-electron chi connectivity index (χ4n) is 2.29. The van der Waals surface area contributed by atoms with Gasteiger partial charge in [0.15, 0.2) is 0 Å². The second-order valence-electron chi connectivity index (χ2n) is 4.88. The minimum absolute atomic E-state index is 0.211. The number of carbonyl (C=O) groups excluding carboxylic acids is 2. The van der Waals surface area contributed by atoms with Crippen LogP contribution in [0, 0.1) is 13.8 Å². The molecule has 1 aromatic heterocycles. The maximum absolute atomic E-state index is 12.4. The first-order valence-corrected chi connectivity index (χ1v) is 6.97. The van der Waals surface area contributed by atoms with Crippen molar-refractivity contribution in [1.82, 2.24) is 4.57 Å². The summed E-state index contributed by atoms with van der Waals surface area (Å²) in [6, 6.07) is 8.52. The van der Waals surface area contributed by atoms with Gasteiger partial charge in [-0.3, -0.25) is 9.59 Å². The van der Waals surface area contributed by atoms with Crippen molar-refractivity contribution in [2.45, 2.75) is 20.8 Å². The van der Waals surface area contributed by atoms with Crippen molar-refractivity contribution >= 4 is 11.9 Å². The largest absolute Gasteiger partial charge is 0.462 e. The topological polar surface area (TPSA) is 65.4 Å². The molecule has 0 bridgehead atoms. The summed E-state index contributed by atoms with van der Waals surface area (Å²) in [5, 5.41) is 0. The van der Waals surface area contributed by atoms with Crippen molar-refractivity contribution < 1.29 is 14.3 Å². The van der Waals surface area contributed by atoms with E-state index >= 15 is 0 Å². The lowest BCUT2D eigenvalue weighted by atomic mass is 10.1. The number of rotatable bonds is 3. The Morgan fingerprint density at radius 1 is 1.14 bits per heavy atom. The highest BCUT2D eigenvalue weighted by atomic mass is 16.5. The first-order valence-electron chi connectivity index (χ1n) is 6.97. The van der Waals surface area contributed by atoms with E-state index in [1.807, 2.05) is 0 Å². The molecule has 0 atom stereocenters. The molecule has 5 heteroatoms. The Morgan fingerprint density at radius 2 is 1.77 bits per heavy atom. The summed E-state index contributed by atoms with van der Waals surface area (Å²) in [7, 11) is 0. The van der Waals surface area contributed by atoms with Crippen LogP contribution in [-0.4, -0.2) is 23.1 Å². The lowest BCUT2D eigenvalue weighted by Gasteiger charge is -2.12. The van der Waals surface area contributed by atoms with Crippen LogP contribution in [0.5, 0.6) is 0 Å². The van der Waals surface area contributed by atoms with Gasteiger partial charge in [-0.2, -0.15) is 0 Å². The lowest BCUT2D eigenvalue weighted by Crippen LogP contribution is -2.31. The Balaban J connectivity index is 2.55. The summed E-state index contributed by atoms with van der Waals surface area (Å²) < 4.78 is 5.99. The second kappa shape index (κ2) is 6.39. The van der Waals surface area contributed by atoms with Crippen LogP contribution in [0.1, 0.15) is 38.8 Å². The molecule has 2 rings (SSSR count). The monoisotopic (exact) mass is 299 g/mol. The normalized spacial score (nSPS) is 10.3. The molecule has 1 heterocycles. The number of benzene rings is 1. The molecule has 0 spiro atoms. The maximum Gasteiger partial charge on any atom is 0.338 e. The molecule has 0 saturated heterocycles. The maximum atomic E-state index is 12.4. The summed E-state index contributed by atoms with van der Waals surface area (Å²) in [5.41, 5.74) is 0.862. The molecule has 0 unspecified atom stereocenters. The van der Waals surface area contributed by atoms with Crippen molar-refractivity contribution in [3.8, 4) is 0 Å². The highest BCUT2D eigenvalue weighted by molar-refractivity contribution is 5.97. The summed E-state index contributed by atoms with van der Waals surface area (Å²) >= 11 is 0. The SMILES string of the molecule is CCOC(=O)c1c(C)cn(C(=O)c2ccccc2)c(=O)c1C. The van der Waals surface area contributed by atoms with Gasteiger partial charge in [-0.05, 0) is 38.5 Å². The predicted octanol–water partition coefficient (Wildman–Crippen LogP) is 2.33. The molecule has 2 aromatic rings. The highest BCUT2D eigenvalue weighted by Gasteiger charge is 2.20. The zero-order valence-corrected chi connectivity index (χ0v) is 12.8. The van der Waals surface area contributed by atoms with Crippen molar-refractivity contribution in [2.24, 2.45) is 0 Å². The van der Waals surface area contributed by atoms with Gasteiger partial charge >= 0.3 is 5.97 Å². The first-order chi connectivity index (χ1) is 10.5. The third-order valence-electron chi connectivity index (χ3n) is 3.35. The van der Waals surface area contributed by atoms with Gasteiger partial charge in [0.05, 0.1) is 12.2 Å². The third-order valence-corrected chi connectivity index (χ3v) is 3.35. The average Bonchev–Trinajstić information content (AvgIpc) is 2.51. The van der Waals surface area contributed by atoms with Crippen molar-refractivity contribution in [3.63, 3.8) is 0 Å². The van der Waals surface area contributed by atoms with Crippen molar-refractivity contribution in [2.75, 3.05) is 6.61 Å². The molecule has 114 valence electrons. The fourth-order valence-corrected chi connectivity index (χ4v) is 2.29. The van der Waals surface area contributed by atoms with Crippen LogP contribution >= 0.6 is 0 Å². The third kappa shape index (κ3) is 2.83. The van der Waals surface area contributed by atoms with Crippen molar-refractivity contribution in [1.29, 1.82) is 0 Å². The molecule has 0 aliphatic carbocycles. The van der Waals surface area contributed by atoms with Crippen LogP contribution < -0.4 is 5.56 Å². The minimum Gasteiger partial charge on any atom is -0.462 e. The van der Waals surface area contributed by atoms with Gasteiger partial charge < -0.3 is 4.74 Å². The molecule has 0 aliphatic heterocycles. The number of hydrogen-bond acceptors (Lipinski definition) is 4. The van der Waals surface area contributed by atoms with E-state index in [-0.39, 0.29) is 17.7 Å². The Morgan fingerprint density at radius 3 is 2.36 bits per heavy atom. The molecular weight excluding hydrogens is 282 g/mol. The number of ether oxygens (including phenoxy) is 1. The summed E-state index contributed by atoms with van der Waals surface area (Å²) in [4.78, 5) is 36.8. The van der Waals surface area contributed by atoms with E-state index < -0.39 is 17.4 Å². The summed E-state index contributed by atoms with van der Waals surface area (Å²) in [5.74, 6) is -0.971. The Hall–Kier alpha value is -2.69. The van der Waals surface area contributed by atoms with Crippen LogP contribution in [0.25, 0.3) is 0 Å². The zero-order valence-electron chi connectivity index (χ0n) is 12.8. The van der Waals surface area contributed by atoms with E-state index in [2.05, 4.69) is 0 Å². The number of hydrogen-bond donors (Lipinski definition) is 0. The summed E-state index contributed by atoms with van der Waals surface area (Å²) in [6.45, 7) is 5.12. The summed E-state index contributed by atoms with van der Waals surface area (Å²) in [6.07, 6.45) is 1.39. The van der Waals surface area contributed by atoms with E-state index in [4.69, 9.17) is 4.74 Å². The molecule has 0 amide bonds. The molecule has 0 N–H and O–H groups in total. The van der Waals surface area contributed by atoms with Gasteiger partial charge in [-0.25, -0.2) is 9.36 Å². The standard InChI is InChI=1S/C17H17NO4/c1-4-22-17(21)14-11(2)10-18(15(19)12(14)3)16(20)13-8-6-5-7-9-13/h5-10H,4H2,1-3H3. The number of aromatic nitrogens is 1. The number of pyridine rings is 1. The van der Waals surface area contributed by atoms with E-state index in [9.17, 15) is 14.4 Å². The minimum atomic E-state index is -0.547. The van der Waals surface area contributed by atoms with Crippen LogP contribution in [0.3, 0.4) is 0 Å². The number of nitrogens with zero attached hydrogens (tertiary/aromatic N) is 1. The molecule has 22 heavy (non-hydrogen) atoms. The molecule has 0 radical (unpaired) electrons. The number of aryl methyl sites for hydroxylation is 1. The highest BCUT2D eigenvalue weighted by Crippen LogP contribution is 2.12. The molecule has 0 aliphatic rings. The zero-order chi connectivity index (χ0) is 16.3. The predicted molar refractivity (Wildman–Crippen MR) is 82.3 cm³/mol. The molecular formula is C17H17NO4. The Labute approximate surface area is 128 Å². The van der Waals surface area contributed by atoms with Gasteiger partial charge in [0.2, 0.25) is 0 Å². The average molecular weight is 299 g/mol. The molecule has 1 aromatic carbocycles. The fraction of sp³-hybridized carbons (Fsp3) is 0.235. The van der Waals surface area contributed by atoms with Crippen molar-refractivity contribution in [3.05, 3.63) is 69.1 Å². The van der Waals surface area contributed by atoms with Gasteiger partial charge in [-0.1, -0.05) is 18.2 Å². The van der Waals surface area contributed by atoms with E-state index in [0.717, 1.165) is 4.57 Å². The lowest BCUT2D eigenvalue weighted by molar-refractivity contribution is 0.0523. The number of carbonyl (C=O) groups is 2. The van der Waals surface area contributed by atoms with Gasteiger partial charge in [0.1, 0.15) is 0 Å². The van der Waals surface area contributed by atoms with E-state index in [1.165, 1.54) is 13.1 Å². The Kier molecular flexibility index (Phi) is 4.56. The molecule has 0 fully saturated rings. The molecule has 0 saturated carbocycles. The van der Waals surface area contributed by atoms with E-state index in [0.29, 0.717) is 11.1 Å².